The zero-order valence-corrected chi connectivity index (χ0v) is 16.8. The summed E-state index contributed by atoms with van der Waals surface area (Å²) in [5, 5.41) is 10.4. The van der Waals surface area contributed by atoms with E-state index in [-0.39, 0.29) is 29.9 Å². The second kappa shape index (κ2) is 6.62. The Morgan fingerprint density at radius 1 is 1.46 bits per heavy atom. The number of hydrogen-bond acceptors (Lipinski definition) is 5. The van der Waals surface area contributed by atoms with Crippen molar-refractivity contribution in [3.05, 3.63) is 26.6 Å². The van der Waals surface area contributed by atoms with Crippen LogP contribution >= 0.6 is 23.7 Å². The molecule has 1 saturated heterocycles. The number of thiophene rings is 1. The van der Waals surface area contributed by atoms with E-state index >= 15 is 0 Å². The molecule has 0 bridgehead atoms. The first-order chi connectivity index (χ1) is 11.8. The van der Waals surface area contributed by atoms with Crippen LogP contribution in [0.15, 0.2) is 4.79 Å². The molecule has 3 heterocycles. The van der Waals surface area contributed by atoms with Gasteiger partial charge in [-0.15, -0.1) is 23.7 Å². The van der Waals surface area contributed by atoms with Crippen LogP contribution < -0.4 is 5.56 Å². The summed E-state index contributed by atoms with van der Waals surface area (Å²) in [6.45, 7) is 7.26. The molecule has 0 aromatic carbocycles. The predicted molar refractivity (Wildman–Crippen MR) is 104 cm³/mol. The molecule has 1 saturated carbocycles. The van der Waals surface area contributed by atoms with Gasteiger partial charge in [0, 0.05) is 18.0 Å². The summed E-state index contributed by atoms with van der Waals surface area (Å²) in [7, 11) is 0. The SMILES string of the molecule is Cc1sc2nc(C(C)N3C[C@@H]4CCC[C@@]4(C(=O)O)C3)[nH]c(=O)c2c1C.Cl. The number of carbonyl (C=O) groups is 1. The van der Waals surface area contributed by atoms with E-state index in [0.717, 1.165) is 41.1 Å². The van der Waals surface area contributed by atoms with Gasteiger partial charge in [0.2, 0.25) is 0 Å². The quantitative estimate of drug-likeness (QED) is 0.830. The molecule has 1 unspecified atom stereocenters. The van der Waals surface area contributed by atoms with Crippen LogP contribution in [-0.2, 0) is 4.79 Å². The number of likely N-dealkylation sites (tertiary alicyclic amines) is 1. The van der Waals surface area contributed by atoms with Crippen molar-refractivity contribution in [2.75, 3.05) is 13.1 Å². The van der Waals surface area contributed by atoms with Gasteiger partial charge in [0.05, 0.1) is 16.8 Å². The van der Waals surface area contributed by atoms with Crippen LogP contribution in [0.2, 0.25) is 0 Å². The lowest BCUT2D eigenvalue weighted by Crippen LogP contribution is -2.36. The fourth-order valence-corrected chi connectivity index (χ4v) is 5.65. The summed E-state index contributed by atoms with van der Waals surface area (Å²) < 4.78 is 0. The molecule has 142 valence electrons. The second-order valence-electron chi connectivity index (χ2n) is 7.57. The van der Waals surface area contributed by atoms with Crippen LogP contribution in [0.4, 0.5) is 0 Å². The molecule has 4 rings (SSSR count). The van der Waals surface area contributed by atoms with E-state index in [4.69, 9.17) is 4.98 Å². The Hall–Kier alpha value is -1.44. The number of aromatic nitrogens is 2. The third-order valence-corrected chi connectivity index (χ3v) is 7.42. The number of carboxylic acid groups (broad SMARTS) is 1. The number of nitrogens with zero attached hydrogens (tertiary/aromatic N) is 2. The van der Waals surface area contributed by atoms with Gasteiger partial charge in [-0.3, -0.25) is 14.5 Å². The molecule has 2 aromatic heterocycles. The van der Waals surface area contributed by atoms with E-state index in [0.29, 0.717) is 17.8 Å². The van der Waals surface area contributed by atoms with Crippen molar-refractivity contribution in [2.45, 2.75) is 46.1 Å². The lowest BCUT2D eigenvalue weighted by Gasteiger charge is -2.26. The van der Waals surface area contributed by atoms with E-state index in [9.17, 15) is 14.7 Å². The van der Waals surface area contributed by atoms with Gasteiger partial charge < -0.3 is 10.1 Å². The summed E-state index contributed by atoms with van der Waals surface area (Å²) in [4.78, 5) is 36.1. The molecule has 8 heteroatoms. The van der Waals surface area contributed by atoms with Gasteiger partial charge >= 0.3 is 5.97 Å². The number of carboxylic acids is 1. The number of halogens is 1. The monoisotopic (exact) mass is 397 g/mol. The van der Waals surface area contributed by atoms with E-state index in [1.165, 1.54) is 0 Å². The highest BCUT2D eigenvalue weighted by Gasteiger charge is 2.55. The first-order valence-electron chi connectivity index (χ1n) is 8.81. The van der Waals surface area contributed by atoms with Crippen LogP contribution in [0.25, 0.3) is 10.2 Å². The summed E-state index contributed by atoms with van der Waals surface area (Å²) >= 11 is 1.54. The zero-order chi connectivity index (χ0) is 17.9. The molecule has 2 N–H and O–H groups in total. The summed E-state index contributed by atoms with van der Waals surface area (Å²) in [6.07, 6.45) is 2.72. The molecular weight excluding hydrogens is 374 g/mol. The zero-order valence-electron chi connectivity index (χ0n) is 15.2. The van der Waals surface area contributed by atoms with Gasteiger partial charge in [0.15, 0.2) is 0 Å². The largest absolute Gasteiger partial charge is 0.481 e. The highest BCUT2D eigenvalue weighted by atomic mass is 35.5. The molecule has 0 spiro atoms. The summed E-state index contributed by atoms with van der Waals surface area (Å²) in [5.41, 5.74) is 0.281. The summed E-state index contributed by atoms with van der Waals surface area (Å²) in [6, 6.07) is -0.0957. The third kappa shape index (κ3) is 2.68. The number of aryl methyl sites for hydroxylation is 2. The number of rotatable bonds is 3. The van der Waals surface area contributed by atoms with Gasteiger partial charge in [-0.1, -0.05) is 6.42 Å². The highest BCUT2D eigenvalue weighted by Crippen LogP contribution is 2.50. The average molecular weight is 398 g/mol. The first-order valence-corrected chi connectivity index (χ1v) is 9.62. The highest BCUT2D eigenvalue weighted by molar-refractivity contribution is 7.18. The van der Waals surface area contributed by atoms with Gasteiger partial charge in [-0.2, -0.15) is 0 Å². The molecule has 1 aliphatic carbocycles. The maximum Gasteiger partial charge on any atom is 0.311 e. The topological polar surface area (TPSA) is 86.3 Å². The minimum Gasteiger partial charge on any atom is -0.481 e. The van der Waals surface area contributed by atoms with Crippen molar-refractivity contribution in [1.82, 2.24) is 14.9 Å². The van der Waals surface area contributed by atoms with Crippen molar-refractivity contribution >= 4 is 39.9 Å². The number of fused-ring (bicyclic) bond motifs is 2. The maximum absolute atomic E-state index is 12.5. The minimum absolute atomic E-state index is 0. The Kier molecular flexibility index (Phi) is 4.92. The lowest BCUT2D eigenvalue weighted by molar-refractivity contribution is -0.149. The molecule has 2 aliphatic rings. The molecule has 0 amide bonds. The van der Waals surface area contributed by atoms with E-state index < -0.39 is 11.4 Å². The number of aliphatic carboxylic acids is 1. The Morgan fingerprint density at radius 3 is 2.85 bits per heavy atom. The fourth-order valence-electron chi connectivity index (χ4n) is 4.61. The van der Waals surface area contributed by atoms with Crippen molar-refractivity contribution in [3.63, 3.8) is 0 Å². The standard InChI is InChI=1S/C18H23N3O3S.ClH/c1-9-11(3)25-16-13(9)15(22)19-14(20-16)10(2)21-7-12-5-4-6-18(12,8-21)17(23)24;/h10,12H,4-8H2,1-3H3,(H,23,24)(H,19,20,22);1H/t10?,12-,18+;/m0./s1. The average Bonchev–Trinajstić information content (AvgIpc) is 3.18. The van der Waals surface area contributed by atoms with Gasteiger partial charge in [0.25, 0.3) is 5.56 Å². The molecule has 3 atom stereocenters. The van der Waals surface area contributed by atoms with Crippen LogP contribution in [0.5, 0.6) is 0 Å². The van der Waals surface area contributed by atoms with E-state index in [1.54, 1.807) is 11.3 Å². The molecule has 26 heavy (non-hydrogen) atoms. The van der Waals surface area contributed by atoms with Crippen LogP contribution in [-0.4, -0.2) is 39.0 Å². The molecule has 2 aromatic rings. The van der Waals surface area contributed by atoms with Crippen molar-refractivity contribution in [3.8, 4) is 0 Å². The summed E-state index contributed by atoms with van der Waals surface area (Å²) in [5.74, 6) is 0.166. The third-order valence-electron chi connectivity index (χ3n) is 6.32. The molecule has 1 aliphatic heterocycles. The normalized spacial score (nSPS) is 26.7. The van der Waals surface area contributed by atoms with Crippen LogP contribution in [0.1, 0.15) is 48.5 Å². The Morgan fingerprint density at radius 2 is 2.19 bits per heavy atom. The molecule has 2 fully saturated rings. The Bertz CT molecular complexity index is 924. The lowest BCUT2D eigenvalue weighted by atomic mass is 9.81. The Labute approximate surface area is 162 Å². The number of nitrogens with one attached hydrogen (secondary N) is 1. The number of hydrogen-bond donors (Lipinski definition) is 2. The van der Waals surface area contributed by atoms with Crippen molar-refractivity contribution < 1.29 is 9.90 Å². The van der Waals surface area contributed by atoms with Gasteiger partial charge in [-0.25, -0.2) is 4.98 Å². The van der Waals surface area contributed by atoms with Gasteiger partial charge in [0.1, 0.15) is 10.7 Å². The smallest absolute Gasteiger partial charge is 0.311 e. The number of H-pyrrole nitrogens is 1. The second-order valence-corrected chi connectivity index (χ2v) is 8.77. The van der Waals surface area contributed by atoms with Gasteiger partial charge in [-0.05, 0) is 45.1 Å². The van der Waals surface area contributed by atoms with E-state index in [2.05, 4.69) is 9.88 Å². The van der Waals surface area contributed by atoms with Crippen LogP contribution in [0.3, 0.4) is 0 Å². The minimum atomic E-state index is -0.675. The van der Waals surface area contributed by atoms with Crippen molar-refractivity contribution in [1.29, 1.82) is 0 Å². The molecular formula is C18H24ClN3O3S. The molecule has 6 nitrogen and oxygen atoms in total. The maximum atomic E-state index is 12.5. The first kappa shape index (κ1) is 19.3. The van der Waals surface area contributed by atoms with Crippen LogP contribution in [0, 0.1) is 25.2 Å². The predicted octanol–water partition coefficient (Wildman–Crippen LogP) is 3.27. The van der Waals surface area contributed by atoms with Crippen molar-refractivity contribution in [2.24, 2.45) is 11.3 Å². The number of aromatic amines is 1. The Balaban J connectivity index is 0.00000196. The van der Waals surface area contributed by atoms with E-state index in [1.807, 2.05) is 20.8 Å². The fraction of sp³-hybridized carbons (Fsp3) is 0.611. The molecule has 0 radical (unpaired) electrons.